The van der Waals surface area contributed by atoms with E-state index in [1.165, 1.54) is 0 Å². The molecule has 1 aliphatic rings. The second kappa shape index (κ2) is 4.61. The van der Waals surface area contributed by atoms with E-state index in [2.05, 4.69) is 15.0 Å². The minimum Gasteiger partial charge on any atom is -0.481 e. The van der Waals surface area contributed by atoms with Crippen molar-refractivity contribution < 1.29 is 9.90 Å². The van der Waals surface area contributed by atoms with Gasteiger partial charge in [0.15, 0.2) is 0 Å². The molecule has 1 aromatic rings. The van der Waals surface area contributed by atoms with Gasteiger partial charge in [-0.1, -0.05) is 0 Å². The van der Waals surface area contributed by atoms with Gasteiger partial charge in [0, 0.05) is 7.05 Å². The fourth-order valence-electron chi connectivity index (χ4n) is 2.00. The van der Waals surface area contributed by atoms with Crippen LogP contribution >= 0.6 is 0 Å². The summed E-state index contributed by atoms with van der Waals surface area (Å²) in [5.41, 5.74) is 0. The predicted octanol–water partition coefficient (Wildman–Crippen LogP) is 0.112. The zero-order valence-corrected chi connectivity index (χ0v) is 9.33. The summed E-state index contributed by atoms with van der Waals surface area (Å²) in [7, 11) is 1.87. The standard InChI is InChI=1S/C10H16N4O2/c1-13-9(11-7-12-13)6-14-4-2-8(3-5-14)10(15)16/h7-8H,2-6H2,1H3,(H,15,16). The number of aromatic nitrogens is 3. The molecule has 2 rings (SSSR count). The highest BCUT2D eigenvalue weighted by Gasteiger charge is 2.24. The van der Waals surface area contributed by atoms with Crippen LogP contribution in [-0.4, -0.2) is 43.8 Å². The molecule has 1 aromatic heterocycles. The maximum absolute atomic E-state index is 10.8. The van der Waals surface area contributed by atoms with Gasteiger partial charge in [0.25, 0.3) is 0 Å². The van der Waals surface area contributed by atoms with Gasteiger partial charge in [0.2, 0.25) is 0 Å². The number of hydrogen-bond acceptors (Lipinski definition) is 4. The molecule has 0 spiro atoms. The maximum atomic E-state index is 10.8. The number of piperidine rings is 1. The average molecular weight is 224 g/mol. The number of aliphatic carboxylic acids is 1. The molecule has 1 aliphatic heterocycles. The molecule has 1 saturated heterocycles. The fourth-order valence-corrected chi connectivity index (χ4v) is 2.00. The van der Waals surface area contributed by atoms with Crippen LogP contribution in [0.1, 0.15) is 18.7 Å². The Bertz CT molecular complexity index is 369. The van der Waals surface area contributed by atoms with Crippen molar-refractivity contribution in [3.8, 4) is 0 Å². The molecule has 0 unspecified atom stereocenters. The summed E-state index contributed by atoms with van der Waals surface area (Å²) in [6.45, 7) is 2.40. The van der Waals surface area contributed by atoms with Crippen LogP contribution in [0.15, 0.2) is 6.33 Å². The number of likely N-dealkylation sites (tertiary alicyclic amines) is 1. The Morgan fingerprint density at radius 2 is 2.25 bits per heavy atom. The van der Waals surface area contributed by atoms with Crippen LogP contribution in [0.2, 0.25) is 0 Å². The van der Waals surface area contributed by atoms with Crippen LogP contribution in [0, 0.1) is 5.92 Å². The van der Waals surface area contributed by atoms with Gasteiger partial charge >= 0.3 is 5.97 Å². The molecule has 0 radical (unpaired) electrons. The third-order valence-electron chi connectivity index (χ3n) is 3.11. The molecule has 0 aliphatic carbocycles. The summed E-state index contributed by atoms with van der Waals surface area (Å²) in [6, 6.07) is 0. The quantitative estimate of drug-likeness (QED) is 0.789. The van der Waals surface area contributed by atoms with E-state index in [9.17, 15) is 4.79 Å². The molecule has 0 aromatic carbocycles. The molecule has 0 atom stereocenters. The number of carboxylic acid groups (broad SMARTS) is 1. The Hall–Kier alpha value is -1.43. The van der Waals surface area contributed by atoms with Gasteiger partial charge in [0.1, 0.15) is 12.2 Å². The van der Waals surface area contributed by atoms with E-state index in [0.717, 1.165) is 38.3 Å². The summed E-state index contributed by atoms with van der Waals surface area (Å²) < 4.78 is 1.75. The normalized spacial score (nSPS) is 18.8. The zero-order valence-electron chi connectivity index (χ0n) is 9.33. The van der Waals surface area contributed by atoms with Gasteiger partial charge in [-0.3, -0.25) is 14.4 Å². The highest BCUT2D eigenvalue weighted by Crippen LogP contribution is 2.18. The largest absolute Gasteiger partial charge is 0.481 e. The Labute approximate surface area is 93.9 Å². The molecule has 88 valence electrons. The van der Waals surface area contributed by atoms with Crippen molar-refractivity contribution in [1.82, 2.24) is 19.7 Å². The van der Waals surface area contributed by atoms with Crippen molar-refractivity contribution in [2.24, 2.45) is 13.0 Å². The third kappa shape index (κ3) is 2.38. The first-order valence-electron chi connectivity index (χ1n) is 5.45. The maximum Gasteiger partial charge on any atom is 0.306 e. The van der Waals surface area contributed by atoms with Crippen molar-refractivity contribution in [2.75, 3.05) is 13.1 Å². The smallest absolute Gasteiger partial charge is 0.306 e. The number of carboxylic acids is 1. The Kier molecular flexibility index (Phi) is 3.19. The summed E-state index contributed by atoms with van der Waals surface area (Å²) in [4.78, 5) is 17.2. The number of nitrogens with zero attached hydrogens (tertiary/aromatic N) is 4. The molecule has 2 heterocycles. The number of carbonyl (C=O) groups is 1. The lowest BCUT2D eigenvalue weighted by Crippen LogP contribution is -2.36. The second-order valence-corrected chi connectivity index (χ2v) is 4.19. The Morgan fingerprint density at radius 3 is 2.75 bits per heavy atom. The van der Waals surface area contributed by atoms with Crippen molar-refractivity contribution in [1.29, 1.82) is 0 Å². The highest BCUT2D eigenvalue weighted by molar-refractivity contribution is 5.70. The molecule has 1 fully saturated rings. The van der Waals surface area contributed by atoms with Crippen LogP contribution in [0.4, 0.5) is 0 Å². The van der Waals surface area contributed by atoms with Gasteiger partial charge in [-0.05, 0) is 25.9 Å². The SMILES string of the molecule is Cn1ncnc1CN1CCC(C(=O)O)CC1. The first kappa shape index (κ1) is 11.1. The molecular formula is C10H16N4O2. The minimum atomic E-state index is -0.668. The zero-order chi connectivity index (χ0) is 11.5. The van der Waals surface area contributed by atoms with E-state index in [-0.39, 0.29) is 5.92 Å². The van der Waals surface area contributed by atoms with Crippen LogP contribution in [0.25, 0.3) is 0 Å². The second-order valence-electron chi connectivity index (χ2n) is 4.19. The topological polar surface area (TPSA) is 71.2 Å². The highest BCUT2D eigenvalue weighted by atomic mass is 16.4. The molecule has 0 bridgehead atoms. The molecule has 6 heteroatoms. The van der Waals surface area contributed by atoms with Crippen LogP contribution < -0.4 is 0 Å². The molecule has 6 nitrogen and oxygen atoms in total. The Balaban J connectivity index is 1.86. The van der Waals surface area contributed by atoms with Gasteiger partial charge in [-0.25, -0.2) is 4.98 Å². The molecule has 0 saturated carbocycles. The lowest BCUT2D eigenvalue weighted by molar-refractivity contribution is -0.143. The van der Waals surface area contributed by atoms with Crippen LogP contribution in [0.3, 0.4) is 0 Å². The first-order valence-corrected chi connectivity index (χ1v) is 5.45. The fraction of sp³-hybridized carbons (Fsp3) is 0.700. The number of hydrogen-bond donors (Lipinski definition) is 1. The monoisotopic (exact) mass is 224 g/mol. The van der Waals surface area contributed by atoms with E-state index in [0.29, 0.717) is 0 Å². The number of rotatable bonds is 3. The van der Waals surface area contributed by atoms with Crippen molar-refractivity contribution in [3.05, 3.63) is 12.2 Å². The first-order chi connectivity index (χ1) is 7.66. The third-order valence-corrected chi connectivity index (χ3v) is 3.11. The lowest BCUT2D eigenvalue weighted by atomic mass is 9.97. The number of aryl methyl sites for hydroxylation is 1. The average Bonchev–Trinajstić information content (AvgIpc) is 2.65. The minimum absolute atomic E-state index is 0.171. The van der Waals surface area contributed by atoms with Crippen molar-refractivity contribution >= 4 is 5.97 Å². The molecule has 16 heavy (non-hydrogen) atoms. The van der Waals surface area contributed by atoms with Crippen LogP contribution in [0.5, 0.6) is 0 Å². The van der Waals surface area contributed by atoms with E-state index in [1.807, 2.05) is 7.05 Å². The van der Waals surface area contributed by atoms with Gasteiger partial charge in [-0.15, -0.1) is 0 Å². The lowest BCUT2D eigenvalue weighted by Gasteiger charge is -2.29. The predicted molar refractivity (Wildman–Crippen MR) is 56.6 cm³/mol. The molecular weight excluding hydrogens is 208 g/mol. The van der Waals surface area contributed by atoms with Gasteiger partial charge in [0.05, 0.1) is 12.5 Å². The van der Waals surface area contributed by atoms with E-state index in [1.54, 1.807) is 11.0 Å². The summed E-state index contributed by atoms with van der Waals surface area (Å²) in [5, 5.41) is 12.9. The van der Waals surface area contributed by atoms with E-state index < -0.39 is 5.97 Å². The van der Waals surface area contributed by atoms with Crippen LogP contribution in [-0.2, 0) is 18.4 Å². The summed E-state index contributed by atoms with van der Waals surface area (Å²) in [6.07, 6.45) is 3.00. The van der Waals surface area contributed by atoms with Gasteiger partial charge < -0.3 is 5.11 Å². The summed E-state index contributed by atoms with van der Waals surface area (Å²) >= 11 is 0. The van der Waals surface area contributed by atoms with Gasteiger partial charge in [-0.2, -0.15) is 5.10 Å². The molecule has 1 N–H and O–H groups in total. The summed E-state index contributed by atoms with van der Waals surface area (Å²) in [5.74, 6) is 0.0860. The molecule has 0 amide bonds. The van der Waals surface area contributed by atoms with E-state index >= 15 is 0 Å². The van der Waals surface area contributed by atoms with Crippen molar-refractivity contribution in [2.45, 2.75) is 19.4 Å². The van der Waals surface area contributed by atoms with Crippen molar-refractivity contribution in [3.63, 3.8) is 0 Å². The Morgan fingerprint density at radius 1 is 1.56 bits per heavy atom. The van der Waals surface area contributed by atoms with E-state index in [4.69, 9.17) is 5.11 Å².